The smallest absolute Gasteiger partial charge is 0.262 e. The van der Waals surface area contributed by atoms with Crippen molar-refractivity contribution in [3.63, 3.8) is 0 Å². The van der Waals surface area contributed by atoms with Crippen LogP contribution in [0.15, 0.2) is 4.99 Å². The maximum absolute atomic E-state index is 10.2. The molecule has 6 heteroatoms. The summed E-state index contributed by atoms with van der Waals surface area (Å²) in [5, 5.41) is 11.6. The zero-order chi connectivity index (χ0) is 8.97. The fraction of sp³-hybridized carbons (Fsp3) is 0.833. The molecule has 0 aromatic rings. The van der Waals surface area contributed by atoms with Gasteiger partial charge in [-0.25, -0.2) is 5.06 Å². The van der Waals surface area contributed by atoms with E-state index in [0.29, 0.717) is 18.9 Å². The van der Waals surface area contributed by atoms with Gasteiger partial charge in [0.15, 0.2) is 5.84 Å². The van der Waals surface area contributed by atoms with E-state index >= 15 is 0 Å². The molecule has 12 heavy (non-hydrogen) atoms. The quantitative estimate of drug-likeness (QED) is 0.442. The number of nitro groups is 1. The maximum atomic E-state index is 10.2. The van der Waals surface area contributed by atoms with E-state index in [4.69, 9.17) is 4.84 Å². The lowest BCUT2D eigenvalue weighted by Crippen LogP contribution is -2.38. The Morgan fingerprint density at radius 1 is 1.83 bits per heavy atom. The van der Waals surface area contributed by atoms with Crippen LogP contribution in [0.2, 0.25) is 0 Å². The van der Waals surface area contributed by atoms with E-state index in [9.17, 15) is 10.1 Å². The second kappa shape index (κ2) is 4.01. The van der Waals surface area contributed by atoms with Crippen LogP contribution in [0, 0.1) is 10.1 Å². The minimum atomic E-state index is -0.407. The summed E-state index contributed by atoms with van der Waals surface area (Å²) in [5.74, 6) is 0.411. The van der Waals surface area contributed by atoms with Crippen molar-refractivity contribution in [1.29, 1.82) is 0 Å². The van der Waals surface area contributed by atoms with E-state index in [0.717, 1.165) is 6.42 Å². The Bertz CT molecular complexity index is 204. The first kappa shape index (κ1) is 8.92. The molecule has 0 radical (unpaired) electrons. The number of amidine groups is 1. The molecule has 6 nitrogen and oxygen atoms in total. The van der Waals surface area contributed by atoms with E-state index in [-0.39, 0.29) is 6.54 Å². The number of nitrogens with zero attached hydrogens (tertiary/aromatic N) is 3. The Morgan fingerprint density at radius 2 is 2.58 bits per heavy atom. The lowest BCUT2D eigenvalue weighted by atomic mass is 10.3. The van der Waals surface area contributed by atoms with Gasteiger partial charge in [-0.2, -0.15) is 0 Å². The van der Waals surface area contributed by atoms with Crippen LogP contribution in [-0.4, -0.2) is 42.6 Å². The molecule has 0 aromatic carbocycles. The molecule has 0 saturated heterocycles. The highest BCUT2D eigenvalue weighted by Crippen LogP contribution is 2.02. The van der Waals surface area contributed by atoms with Crippen molar-refractivity contribution < 1.29 is 9.76 Å². The van der Waals surface area contributed by atoms with Gasteiger partial charge in [0.2, 0.25) is 0 Å². The average molecular weight is 173 g/mol. The van der Waals surface area contributed by atoms with Crippen LogP contribution in [0.25, 0.3) is 0 Å². The van der Waals surface area contributed by atoms with Crippen molar-refractivity contribution in [2.24, 2.45) is 4.99 Å². The molecule has 1 aliphatic heterocycles. The monoisotopic (exact) mass is 173 g/mol. The van der Waals surface area contributed by atoms with Crippen molar-refractivity contribution >= 4 is 5.84 Å². The number of hydroxylamine groups is 2. The Morgan fingerprint density at radius 3 is 3.17 bits per heavy atom. The minimum Gasteiger partial charge on any atom is -0.275 e. The zero-order valence-electron chi connectivity index (χ0n) is 6.89. The molecular weight excluding hydrogens is 162 g/mol. The Balaban J connectivity index is 2.57. The number of hydrogen-bond acceptors (Lipinski definition) is 5. The van der Waals surface area contributed by atoms with Gasteiger partial charge < -0.3 is 0 Å². The average Bonchev–Trinajstić information content (AvgIpc) is 2.04. The first-order chi connectivity index (χ1) is 5.74. The van der Waals surface area contributed by atoms with Gasteiger partial charge in [0.05, 0.1) is 7.11 Å². The molecule has 0 fully saturated rings. The summed E-state index contributed by atoms with van der Waals surface area (Å²) < 4.78 is 0. The first-order valence-electron chi connectivity index (χ1n) is 3.71. The molecule has 0 N–H and O–H groups in total. The van der Waals surface area contributed by atoms with E-state index < -0.39 is 4.92 Å². The van der Waals surface area contributed by atoms with Crippen LogP contribution in [-0.2, 0) is 4.84 Å². The molecule has 1 aliphatic rings. The molecule has 0 bridgehead atoms. The molecule has 68 valence electrons. The van der Waals surface area contributed by atoms with Gasteiger partial charge in [0.25, 0.3) is 6.54 Å². The molecule has 0 unspecified atom stereocenters. The molecule has 0 saturated carbocycles. The SMILES string of the molecule is CON1CCCN=C1C[N+](=O)[O-]. The molecule has 0 aliphatic carbocycles. The molecule has 0 spiro atoms. The van der Waals surface area contributed by atoms with Gasteiger partial charge in [0.1, 0.15) is 0 Å². The number of aliphatic imine (C=N–C) groups is 1. The van der Waals surface area contributed by atoms with E-state index in [2.05, 4.69) is 4.99 Å². The standard InChI is InChI=1S/C6H11N3O3/c1-12-8-4-2-3-7-6(8)5-9(10)11/h2-5H2,1H3. The predicted octanol–water partition coefficient (Wildman–Crippen LogP) is -0.0713. The van der Waals surface area contributed by atoms with Crippen LogP contribution >= 0.6 is 0 Å². The van der Waals surface area contributed by atoms with Crippen LogP contribution in [0.4, 0.5) is 0 Å². The lowest BCUT2D eigenvalue weighted by Gasteiger charge is -2.24. The third kappa shape index (κ3) is 2.16. The molecule has 0 atom stereocenters. The van der Waals surface area contributed by atoms with Crippen LogP contribution in [0.3, 0.4) is 0 Å². The van der Waals surface area contributed by atoms with E-state index in [1.807, 2.05) is 0 Å². The minimum absolute atomic E-state index is 0.256. The normalized spacial score (nSPS) is 17.4. The molecule has 1 heterocycles. The fourth-order valence-electron chi connectivity index (χ4n) is 1.07. The molecule has 0 amide bonds. The molecule has 0 aromatic heterocycles. The largest absolute Gasteiger partial charge is 0.275 e. The second-order valence-corrected chi connectivity index (χ2v) is 2.43. The van der Waals surface area contributed by atoms with Crippen molar-refractivity contribution in [3.05, 3.63) is 10.1 Å². The summed E-state index contributed by atoms with van der Waals surface area (Å²) >= 11 is 0. The van der Waals surface area contributed by atoms with Gasteiger partial charge in [-0.3, -0.25) is 19.9 Å². The molecule has 1 rings (SSSR count). The summed E-state index contributed by atoms with van der Waals surface area (Å²) in [7, 11) is 1.49. The highest BCUT2D eigenvalue weighted by atomic mass is 16.7. The van der Waals surface area contributed by atoms with Gasteiger partial charge in [0, 0.05) is 18.0 Å². The zero-order valence-corrected chi connectivity index (χ0v) is 6.89. The first-order valence-corrected chi connectivity index (χ1v) is 3.71. The Kier molecular flexibility index (Phi) is 2.98. The second-order valence-electron chi connectivity index (χ2n) is 2.43. The van der Waals surface area contributed by atoms with Crippen molar-refractivity contribution in [2.45, 2.75) is 6.42 Å². The summed E-state index contributed by atoms with van der Waals surface area (Å²) in [4.78, 5) is 18.7. The van der Waals surface area contributed by atoms with Gasteiger partial charge in [-0.15, -0.1) is 0 Å². The fourth-order valence-corrected chi connectivity index (χ4v) is 1.07. The van der Waals surface area contributed by atoms with Crippen molar-refractivity contribution in [2.75, 3.05) is 26.7 Å². The van der Waals surface area contributed by atoms with Crippen LogP contribution in [0.1, 0.15) is 6.42 Å². The molecular formula is C6H11N3O3. The summed E-state index contributed by atoms with van der Waals surface area (Å²) in [6.45, 7) is 1.08. The van der Waals surface area contributed by atoms with Gasteiger partial charge >= 0.3 is 0 Å². The summed E-state index contributed by atoms with van der Waals surface area (Å²) in [5.41, 5.74) is 0. The lowest BCUT2D eigenvalue weighted by molar-refractivity contribution is -0.465. The van der Waals surface area contributed by atoms with Crippen molar-refractivity contribution in [1.82, 2.24) is 5.06 Å². The van der Waals surface area contributed by atoms with Crippen LogP contribution < -0.4 is 0 Å². The Labute approximate surface area is 69.9 Å². The van der Waals surface area contributed by atoms with E-state index in [1.54, 1.807) is 0 Å². The summed E-state index contributed by atoms with van der Waals surface area (Å²) in [6.07, 6.45) is 0.884. The highest BCUT2D eigenvalue weighted by molar-refractivity contribution is 5.82. The van der Waals surface area contributed by atoms with Crippen LogP contribution in [0.5, 0.6) is 0 Å². The third-order valence-corrected chi connectivity index (χ3v) is 1.59. The number of hydrogen-bond donors (Lipinski definition) is 0. The van der Waals surface area contributed by atoms with Gasteiger partial charge in [-0.05, 0) is 6.42 Å². The van der Waals surface area contributed by atoms with Crippen molar-refractivity contribution in [3.8, 4) is 0 Å². The summed E-state index contributed by atoms with van der Waals surface area (Å²) in [6, 6.07) is 0. The third-order valence-electron chi connectivity index (χ3n) is 1.59. The highest BCUT2D eigenvalue weighted by Gasteiger charge is 2.19. The predicted molar refractivity (Wildman–Crippen MR) is 42.5 cm³/mol. The van der Waals surface area contributed by atoms with Gasteiger partial charge in [-0.1, -0.05) is 0 Å². The maximum Gasteiger partial charge on any atom is 0.262 e. The number of rotatable bonds is 3. The van der Waals surface area contributed by atoms with E-state index in [1.165, 1.54) is 12.2 Å². The topological polar surface area (TPSA) is 68.0 Å². The Hall–Kier alpha value is -1.17.